The number of carbonyl (C=O) groups excluding carboxylic acids is 1. The number of rotatable bonds is 3. The largest absolute Gasteiger partial charge is 0.306 e. The second-order valence-electron chi connectivity index (χ2n) is 6.19. The second kappa shape index (κ2) is 7.06. The van der Waals surface area contributed by atoms with Crippen molar-refractivity contribution in [2.24, 2.45) is 0 Å². The Morgan fingerprint density at radius 2 is 1.81 bits per heavy atom. The average molecular weight is 396 g/mol. The lowest BCUT2D eigenvalue weighted by Crippen LogP contribution is -2.14. The number of aryl methyl sites for hydroxylation is 1. The van der Waals surface area contributed by atoms with Gasteiger partial charge in [0.2, 0.25) is 0 Å². The van der Waals surface area contributed by atoms with Crippen molar-refractivity contribution >= 4 is 40.6 Å². The van der Waals surface area contributed by atoms with Crippen LogP contribution in [0.3, 0.4) is 0 Å². The molecule has 134 valence electrons. The number of nitrogens with one attached hydrogen (secondary N) is 1. The molecule has 4 nitrogen and oxygen atoms in total. The van der Waals surface area contributed by atoms with E-state index in [0.29, 0.717) is 27.1 Å². The number of benzene rings is 2. The summed E-state index contributed by atoms with van der Waals surface area (Å²) in [6.45, 7) is 2.00. The smallest absolute Gasteiger partial charge is 0.258 e. The monoisotopic (exact) mass is 395 g/mol. The summed E-state index contributed by atoms with van der Waals surface area (Å²) < 4.78 is 1.86. The van der Waals surface area contributed by atoms with Crippen LogP contribution in [-0.4, -0.2) is 15.3 Å². The molecule has 0 saturated carbocycles. The third-order valence-corrected chi connectivity index (χ3v) is 4.78. The third-order valence-electron chi connectivity index (χ3n) is 4.24. The van der Waals surface area contributed by atoms with Gasteiger partial charge in [-0.3, -0.25) is 9.20 Å². The lowest BCUT2D eigenvalue weighted by molar-refractivity contribution is 0.102. The van der Waals surface area contributed by atoms with Crippen LogP contribution in [0.5, 0.6) is 0 Å². The standard InChI is InChI=1S/C21H15Cl2N3O/c1-13-9-10-26-18(11-13)24-19(14-5-3-2-4-6-14)20(26)25-21(27)16-8-7-15(22)12-17(16)23/h2-12H,1H3,(H,25,27). The Morgan fingerprint density at radius 1 is 1.04 bits per heavy atom. The van der Waals surface area contributed by atoms with Crippen molar-refractivity contribution in [1.82, 2.24) is 9.38 Å². The molecule has 0 spiro atoms. The van der Waals surface area contributed by atoms with Crippen molar-refractivity contribution in [1.29, 1.82) is 0 Å². The molecule has 2 heterocycles. The summed E-state index contributed by atoms with van der Waals surface area (Å²) >= 11 is 12.1. The van der Waals surface area contributed by atoms with Crippen LogP contribution in [0.25, 0.3) is 16.9 Å². The zero-order valence-electron chi connectivity index (χ0n) is 14.4. The molecule has 0 bridgehead atoms. The third kappa shape index (κ3) is 3.42. The van der Waals surface area contributed by atoms with Gasteiger partial charge in [0, 0.05) is 16.8 Å². The van der Waals surface area contributed by atoms with Gasteiger partial charge in [-0.2, -0.15) is 0 Å². The number of fused-ring (bicyclic) bond motifs is 1. The summed E-state index contributed by atoms with van der Waals surface area (Å²) in [7, 11) is 0. The Morgan fingerprint density at radius 3 is 2.56 bits per heavy atom. The molecule has 0 atom stereocenters. The van der Waals surface area contributed by atoms with Crippen LogP contribution in [0, 0.1) is 6.92 Å². The number of nitrogens with zero attached hydrogens (tertiary/aromatic N) is 2. The molecule has 1 N–H and O–H groups in total. The molecule has 0 aliphatic rings. The lowest BCUT2D eigenvalue weighted by Gasteiger charge is -2.09. The van der Waals surface area contributed by atoms with Crippen LogP contribution >= 0.6 is 23.2 Å². The molecule has 0 fully saturated rings. The zero-order valence-corrected chi connectivity index (χ0v) is 15.9. The summed E-state index contributed by atoms with van der Waals surface area (Å²) in [5.41, 5.74) is 3.80. The van der Waals surface area contributed by atoms with Gasteiger partial charge in [0.05, 0.1) is 10.6 Å². The van der Waals surface area contributed by atoms with E-state index >= 15 is 0 Å². The fraction of sp³-hybridized carbons (Fsp3) is 0.0476. The van der Waals surface area contributed by atoms with E-state index in [-0.39, 0.29) is 5.91 Å². The quantitative estimate of drug-likeness (QED) is 0.471. The van der Waals surface area contributed by atoms with Crippen molar-refractivity contribution in [3.05, 3.63) is 88.0 Å². The van der Waals surface area contributed by atoms with E-state index in [2.05, 4.69) is 5.32 Å². The van der Waals surface area contributed by atoms with Gasteiger partial charge in [0.15, 0.2) is 0 Å². The van der Waals surface area contributed by atoms with E-state index < -0.39 is 0 Å². The van der Waals surface area contributed by atoms with E-state index in [1.165, 1.54) is 0 Å². The highest BCUT2D eigenvalue weighted by Gasteiger charge is 2.18. The Kier molecular flexibility index (Phi) is 4.60. The minimum atomic E-state index is -0.323. The second-order valence-corrected chi connectivity index (χ2v) is 7.03. The van der Waals surface area contributed by atoms with Gasteiger partial charge in [-0.25, -0.2) is 4.98 Å². The molecule has 2 aromatic carbocycles. The highest BCUT2D eigenvalue weighted by Crippen LogP contribution is 2.30. The molecule has 2 aromatic heterocycles. The summed E-state index contributed by atoms with van der Waals surface area (Å²) in [6.07, 6.45) is 1.89. The van der Waals surface area contributed by atoms with Crippen LogP contribution in [0.4, 0.5) is 5.82 Å². The van der Waals surface area contributed by atoms with Crippen molar-refractivity contribution in [2.75, 3.05) is 5.32 Å². The van der Waals surface area contributed by atoms with Gasteiger partial charge >= 0.3 is 0 Å². The molecule has 6 heteroatoms. The first-order valence-corrected chi connectivity index (χ1v) is 9.09. The van der Waals surface area contributed by atoms with Crippen LogP contribution in [0.15, 0.2) is 66.9 Å². The van der Waals surface area contributed by atoms with Crippen LogP contribution in [0.1, 0.15) is 15.9 Å². The number of aromatic nitrogens is 2. The SMILES string of the molecule is Cc1ccn2c(NC(=O)c3ccc(Cl)cc3Cl)c(-c3ccccc3)nc2c1. The molecule has 1 amide bonds. The molecule has 0 radical (unpaired) electrons. The van der Waals surface area contributed by atoms with Crippen LogP contribution < -0.4 is 5.32 Å². The van der Waals surface area contributed by atoms with Gasteiger partial charge in [-0.05, 0) is 42.8 Å². The number of imidazole rings is 1. The lowest BCUT2D eigenvalue weighted by atomic mass is 10.1. The summed E-state index contributed by atoms with van der Waals surface area (Å²) in [5.74, 6) is 0.267. The number of pyridine rings is 1. The van der Waals surface area contributed by atoms with E-state index in [4.69, 9.17) is 28.2 Å². The van der Waals surface area contributed by atoms with Gasteiger partial charge < -0.3 is 5.32 Å². The fourth-order valence-corrected chi connectivity index (χ4v) is 3.41. The van der Waals surface area contributed by atoms with Gasteiger partial charge in [-0.1, -0.05) is 53.5 Å². The molecular formula is C21H15Cl2N3O. The zero-order chi connectivity index (χ0) is 19.0. The minimum absolute atomic E-state index is 0.297. The van der Waals surface area contributed by atoms with Crippen LogP contribution in [0.2, 0.25) is 10.0 Å². The van der Waals surface area contributed by atoms with Crippen molar-refractivity contribution in [3.8, 4) is 11.3 Å². The van der Waals surface area contributed by atoms with Gasteiger partial charge in [-0.15, -0.1) is 0 Å². The molecule has 4 aromatic rings. The van der Waals surface area contributed by atoms with Gasteiger partial charge in [0.25, 0.3) is 5.91 Å². The van der Waals surface area contributed by atoms with Crippen molar-refractivity contribution < 1.29 is 4.79 Å². The van der Waals surface area contributed by atoms with Crippen molar-refractivity contribution in [3.63, 3.8) is 0 Å². The number of anilines is 1. The predicted molar refractivity (Wildman–Crippen MR) is 110 cm³/mol. The maximum absolute atomic E-state index is 12.9. The highest BCUT2D eigenvalue weighted by molar-refractivity contribution is 6.37. The molecule has 0 unspecified atom stereocenters. The van der Waals surface area contributed by atoms with Crippen molar-refractivity contribution in [2.45, 2.75) is 6.92 Å². The molecular weight excluding hydrogens is 381 g/mol. The highest BCUT2D eigenvalue weighted by atomic mass is 35.5. The van der Waals surface area contributed by atoms with Crippen LogP contribution in [-0.2, 0) is 0 Å². The number of amides is 1. The van der Waals surface area contributed by atoms with Gasteiger partial charge in [0.1, 0.15) is 17.2 Å². The number of hydrogen-bond donors (Lipinski definition) is 1. The Balaban J connectivity index is 1.83. The molecule has 0 aliphatic carbocycles. The normalized spacial score (nSPS) is 10.9. The van der Waals surface area contributed by atoms with E-state index in [9.17, 15) is 4.79 Å². The fourth-order valence-electron chi connectivity index (χ4n) is 2.91. The molecule has 27 heavy (non-hydrogen) atoms. The Bertz CT molecular complexity index is 1150. The van der Waals surface area contributed by atoms with E-state index in [1.807, 2.05) is 60.0 Å². The number of halogens is 2. The first-order chi connectivity index (χ1) is 13.0. The first-order valence-electron chi connectivity index (χ1n) is 8.33. The Hall–Kier alpha value is -2.82. The molecule has 0 aliphatic heterocycles. The molecule has 0 saturated heterocycles. The number of carbonyl (C=O) groups is 1. The predicted octanol–water partition coefficient (Wildman–Crippen LogP) is 5.87. The Labute approximate surface area is 166 Å². The summed E-state index contributed by atoms with van der Waals surface area (Å²) in [6, 6.07) is 18.5. The summed E-state index contributed by atoms with van der Waals surface area (Å²) in [4.78, 5) is 17.6. The maximum Gasteiger partial charge on any atom is 0.258 e. The molecule has 4 rings (SSSR count). The number of hydrogen-bond acceptors (Lipinski definition) is 2. The first kappa shape index (κ1) is 17.6. The average Bonchev–Trinajstić information content (AvgIpc) is 2.99. The topological polar surface area (TPSA) is 46.4 Å². The maximum atomic E-state index is 12.9. The van der Waals surface area contributed by atoms with E-state index in [0.717, 1.165) is 16.8 Å². The minimum Gasteiger partial charge on any atom is -0.306 e. The van der Waals surface area contributed by atoms with E-state index in [1.54, 1.807) is 18.2 Å². The summed E-state index contributed by atoms with van der Waals surface area (Å²) in [5, 5.41) is 3.74.